The number of hydrogen-bond acceptors (Lipinski definition) is 2. The highest BCUT2D eigenvalue weighted by Crippen LogP contribution is 2.20. The molecule has 1 fully saturated rings. The van der Waals surface area contributed by atoms with Crippen LogP contribution in [0.25, 0.3) is 0 Å². The van der Waals surface area contributed by atoms with Gasteiger partial charge in [0.25, 0.3) is 0 Å². The molecule has 22 heavy (non-hydrogen) atoms. The van der Waals surface area contributed by atoms with E-state index in [-0.39, 0.29) is 12.1 Å². The molecule has 0 radical (unpaired) electrons. The molecule has 1 saturated heterocycles. The summed E-state index contributed by atoms with van der Waals surface area (Å²) in [7, 11) is 0. The van der Waals surface area contributed by atoms with E-state index in [2.05, 4.69) is 41.7 Å². The summed E-state index contributed by atoms with van der Waals surface area (Å²) in [5.74, 6) is 1.96. The number of hydrogen-bond donors (Lipinski definition) is 1. The van der Waals surface area contributed by atoms with Crippen molar-refractivity contribution >= 4 is 17.8 Å². The predicted molar refractivity (Wildman–Crippen MR) is 91.9 cm³/mol. The van der Waals surface area contributed by atoms with Gasteiger partial charge in [-0.15, -0.1) is 0 Å². The van der Waals surface area contributed by atoms with E-state index in [9.17, 15) is 4.79 Å². The molecule has 0 bridgehead atoms. The van der Waals surface area contributed by atoms with Crippen molar-refractivity contribution in [3.05, 3.63) is 71.8 Å². The number of amides is 2. The van der Waals surface area contributed by atoms with Crippen LogP contribution in [0.5, 0.6) is 0 Å². The number of nitrogens with zero attached hydrogens (tertiary/aromatic N) is 1. The van der Waals surface area contributed by atoms with Crippen molar-refractivity contribution in [2.24, 2.45) is 0 Å². The Balaban J connectivity index is 1.44. The second-order valence-corrected chi connectivity index (χ2v) is 6.50. The van der Waals surface area contributed by atoms with Crippen molar-refractivity contribution in [2.75, 3.05) is 18.8 Å². The zero-order valence-electron chi connectivity index (χ0n) is 12.4. The van der Waals surface area contributed by atoms with E-state index in [0.29, 0.717) is 0 Å². The molecular weight excluding hydrogens is 292 g/mol. The first-order valence-corrected chi connectivity index (χ1v) is 8.70. The van der Waals surface area contributed by atoms with Gasteiger partial charge in [-0.2, -0.15) is 11.8 Å². The molecule has 0 aliphatic carbocycles. The minimum absolute atomic E-state index is 0.0502. The fourth-order valence-electron chi connectivity index (χ4n) is 2.60. The molecule has 4 heteroatoms. The van der Waals surface area contributed by atoms with Gasteiger partial charge in [-0.1, -0.05) is 60.7 Å². The fraction of sp³-hybridized carbons (Fsp3) is 0.278. The van der Waals surface area contributed by atoms with Gasteiger partial charge >= 0.3 is 6.03 Å². The van der Waals surface area contributed by atoms with E-state index in [1.807, 2.05) is 40.9 Å². The molecule has 2 amide bonds. The normalized spacial score (nSPS) is 17.5. The molecule has 0 aromatic heterocycles. The predicted octanol–water partition coefficient (Wildman–Crippen LogP) is 3.69. The maximum absolute atomic E-state index is 12.0. The SMILES string of the molecule is O=C1NC(c2ccccc2)CN1CCSCc1ccccc1. The number of carbonyl (C=O) groups is 1. The second-order valence-electron chi connectivity index (χ2n) is 5.40. The summed E-state index contributed by atoms with van der Waals surface area (Å²) >= 11 is 1.87. The molecular formula is C18H20N2OS. The van der Waals surface area contributed by atoms with E-state index in [1.165, 1.54) is 11.1 Å². The smallest absolute Gasteiger partial charge is 0.318 e. The largest absolute Gasteiger partial charge is 0.329 e. The second kappa shape index (κ2) is 7.36. The van der Waals surface area contributed by atoms with Gasteiger partial charge in [0.05, 0.1) is 6.04 Å². The van der Waals surface area contributed by atoms with Crippen molar-refractivity contribution in [2.45, 2.75) is 11.8 Å². The van der Waals surface area contributed by atoms with Crippen molar-refractivity contribution in [1.82, 2.24) is 10.2 Å². The molecule has 3 nitrogen and oxygen atoms in total. The van der Waals surface area contributed by atoms with Crippen LogP contribution in [-0.4, -0.2) is 29.8 Å². The Morgan fingerprint density at radius 3 is 2.45 bits per heavy atom. The van der Waals surface area contributed by atoms with E-state index in [1.54, 1.807) is 0 Å². The monoisotopic (exact) mass is 312 g/mol. The molecule has 1 heterocycles. The van der Waals surface area contributed by atoms with E-state index in [0.717, 1.165) is 24.6 Å². The van der Waals surface area contributed by atoms with Crippen LogP contribution in [-0.2, 0) is 5.75 Å². The molecule has 1 aliphatic rings. The van der Waals surface area contributed by atoms with Gasteiger partial charge in [0.15, 0.2) is 0 Å². The van der Waals surface area contributed by atoms with E-state index in [4.69, 9.17) is 0 Å². The quantitative estimate of drug-likeness (QED) is 0.825. The van der Waals surface area contributed by atoms with Crippen LogP contribution in [0, 0.1) is 0 Å². The Bertz CT molecular complexity index is 603. The standard InChI is InChI=1S/C18H20N2OS/c21-18-19-17(16-9-5-2-6-10-16)13-20(18)11-12-22-14-15-7-3-1-4-8-15/h1-10,17H,11-14H2,(H,19,21). The summed E-state index contributed by atoms with van der Waals surface area (Å²) in [6, 6.07) is 20.8. The number of thioether (sulfide) groups is 1. The van der Waals surface area contributed by atoms with Crippen LogP contribution in [0.4, 0.5) is 4.79 Å². The van der Waals surface area contributed by atoms with Gasteiger partial charge in [0, 0.05) is 24.6 Å². The Labute approximate surface area is 135 Å². The van der Waals surface area contributed by atoms with Crippen LogP contribution in [0.15, 0.2) is 60.7 Å². The van der Waals surface area contributed by atoms with Gasteiger partial charge < -0.3 is 10.2 Å². The number of rotatable bonds is 6. The van der Waals surface area contributed by atoms with Crippen molar-refractivity contribution < 1.29 is 4.79 Å². The minimum Gasteiger partial charge on any atom is -0.329 e. The number of carbonyl (C=O) groups excluding carboxylic acids is 1. The summed E-state index contributed by atoms with van der Waals surface area (Å²) in [5.41, 5.74) is 2.51. The molecule has 0 spiro atoms. The van der Waals surface area contributed by atoms with Crippen molar-refractivity contribution in [3.63, 3.8) is 0 Å². The zero-order chi connectivity index (χ0) is 15.2. The maximum Gasteiger partial charge on any atom is 0.318 e. The van der Waals surface area contributed by atoms with Gasteiger partial charge in [-0.25, -0.2) is 4.79 Å². The third kappa shape index (κ3) is 3.83. The first-order chi connectivity index (χ1) is 10.8. The van der Waals surface area contributed by atoms with Crippen LogP contribution in [0.1, 0.15) is 17.2 Å². The lowest BCUT2D eigenvalue weighted by Gasteiger charge is -2.14. The van der Waals surface area contributed by atoms with Crippen molar-refractivity contribution in [1.29, 1.82) is 0 Å². The Hall–Kier alpha value is -1.94. The van der Waals surface area contributed by atoms with Crippen LogP contribution in [0.3, 0.4) is 0 Å². The summed E-state index contributed by atoms with van der Waals surface area (Å²) in [4.78, 5) is 13.9. The average Bonchev–Trinajstić information content (AvgIpc) is 2.94. The Morgan fingerprint density at radius 2 is 1.73 bits per heavy atom. The average molecular weight is 312 g/mol. The molecule has 1 N–H and O–H groups in total. The molecule has 1 aliphatic heterocycles. The maximum atomic E-state index is 12.0. The highest BCUT2D eigenvalue weighted by molar-refractivity contribution is 7.98. The third-order valence-electron chi connectivity index (χ3n) is 3.81. The van der Waals surface area contributed by atoms with Crippen LogP contribution in [0.2, 0.25) is 0 Å². The van der Waals surface area contributed by atoms with Gasteiger partial charge in [0.1, 0.15) is 0 Å². The lowest BCUT2D eigenvalue weighted by molar-refractivity contribution is 0.220. The number of urea groups is 1. The molecule has 2 aromatic carbocycles. The molecule has 0 saturated carbocycles. The Morgan fingerprint density at radius 1 is 1.05 bits per heavy atom. The summed E-state index contributed by atoms with van der Waals surface area (Å²) in [6.07, 6.45) is 0. The highest BCUT2D eigenvalue weighted by atomic mass is 32.2. The van der Waals surface area contributed by atoms with Gasteiger partial charge in [-0.3, -0.25) is 0 Å². The first kappa shape index (κ1) is 15.0. The zero-order valence-corrected chi connectivity index (χ0v) is 13.3. The van der Waals surface area contributed by atoms with E-state index >= 15 is 0 Å². The minimum atomic E-state index is 0.0502. The number of benzene rings is 2. The molecule has 3 rings (SSSR count). The summed E-state index contributed by atoms with van der Waals surface area (Å²) in [5, 5.41) is 3.06. The topological polar surface area (TPSA) is 32.3 Å². The molecule has 1 atom stereocenters. The van der Waals surface area contributed by atoms with Gasteiger partial charge in [0.2, 0.25) is 0 Å². The van der Waals surface area contributed by atoms with Crippen LogP contribution >= 0.6 is 11.8 Å². The van der Waals surface area contributed by atoms with Crippen molar-refractivity contribution in [3.8, 4) is 0 Å². The molecule has 114 valence electrons. The van der Waals surface area contributed by atoms with Gasteiger partial charge in [-0.05, 0) is 11.1 Å². The fourth-order valence-corrected chi connectivity index (χ4v) is 3.52. The summed E-state index contributed by atoms with van der Waals surface area (Å²) in [6.45, 7) is 1.56. The third-order valence-corrected chi connectivity index (χ3v) is 4.82. The lowest BCUT2D eigenvalue weighted by atomic mass is 10.1. The number of nitrogens with one attached hydrogen (secondary N) is 1. The summed E-state index contributed by atoms with van der Waals surface area (Å²) < 4.78 is 0. The first-order valence-electron chi connectivity index (χ1n) is 7.55. The molecule has 2 aromatic rings. The van der Waals surface area contributed by atoms with E-state index < -0.39 is 0 Å². The molecule has 1 unspecified atom stereocenters. The van der Waals surface area contributed by atoms with Crippen LogP contribution < -0.4 is 5.32 Å². The Kier molecular flexibility index (Phi) is 5.01. The lowest BCUT2D eigenvalue weighted by Crippen LogP contribution is -2.30. The highest BCUT2D eigenvalue weighted by Gasteiger charge is 2.28.